The van der Waals surface area contributed by atoms with Crippen molar-refractivity contribution in [3.05, 3.63) is 23.9 Å². The topological polar surface area (TPSA) is 42.2 Å². The minimum atomic E-state index is -2.87. The largest absolute Gasteiger partial charge is 0.363 e. The molecule has 3 nitrogen and oxygen atoms in total. The van der Waals surface area contributed by atoms with E-state index in [-0.39, 0.29) is 6.42 Å². The highest BCUT2D eigenvalue weighted by molar-refractivity contribution is 5.45. The van der Waals surface area contributed by atoms with E-state index in [0.717, 1.165) is 0 Å². The molecule has 0 bridgehead atoms. The lowest BCUT2D eigenvalue weighted by Gasteiger charge is -2.19. The highest BCUT2D eigenvalue weighted by atomic mass is 19.3. The van der Waals surface area contributed by atoms with Crippen LogP contribution in [-0.2, 0) is 6.42 Å². The van der Waals surface area contributed by atoms with Crippen molar-refractivity contribution < 1.29 is 8.78 Å². The Kier molecular flexibility index (Phi) is 3.57. The molecule has 0 aliphatic heterocycles. The van der Waals surface area contributed by atoms with Crippen molar-refractivity contribution >= 4 is 5.82 Å². The van der Waals surface area contributed by atoms with E-state index in [9.17, 15) is 8.78 Å². The van der Waals surface area contributed by atoms with Crippen molar-refractivity contribution in [2.24, 2.45) is 5.73 Å². The van der Waals surface area contributed by atoms with Crippen LogP contribution in [0, 0.1) is 0 Å². The van der Waals surface area contributed by atoms with Gasteiger partial charge in [-0.15, -0.1) is 0 Å². The predicted molar refractivity (Wildman–Crippen MR) is 56.3 cm³/mol. The standard InChI is InChI=1S/C10H15F2N3/c1-15(2)9-8(4-3-5-14-9)6-10(11,12)7-13/h3-5H,6-7,13H2,1-2H3. The van der Waals surface area contributed by atoms with Crippen LogP contribution in [0.4, 0.5) is 14.6 Å². The first-order chi connectivity index (χ1) is 6.96. The van der Waals surface area contributed by atoms with Gasteiger partial charge in [-0.25, -0.2) is 13.8 Å². The van der Waals surface area contributed by atoms with E-state index >= 15 is 0 Å². The Hall–Kier alpha value is -1.23. The molecule has 1 heterocycles. The maximum absolute atomic E-state index is 13.1. The third-order valence-electron chi connectivity index (χ3n) is 2.04. The lowest BCUT2D eigenvalue weighted by molar-refractivity contribution is 0.0115. The summed E-state index contributed by atoms with van der Waals surface area (Å²) in [6.07, 6.45) is 1.21. The van der Waals surface area contributed by atoms with Crippen LogP contribution in [0.2, 0.25) is 0 Å². The molecule has 1 aromatic heterocycles. The second-order valence-corrected chi connectivity index (χ2v) is 3.62. The number of anilines is 1. The average molecular weight is 215 g/mol. The number of nitrogens with zero attached hydrogens (tertiary/aromatic N) is 2. The van der Waals surface area contributed by atoms with Gasteiger partial charge >= 0.3 is 0 Å². The molecule has 2 N–H and O–H groups in total. The summed E-state index contributed by atoms with van der Waals surface area (Å²) in [5, 5.41) is 0. The van der Waals surface area contributed by atoms with Gasteiger partial charge in [0, 0.05) is 32.3 Å². The zero-order chi connectivity index (χ0) is 11.5. The Morgan fingerprint density at radius 3 is 2.67 bits per heavy atom. The summed E-state index contributed by atoms with van der Waals surface area (Å²) in [5.41, 5.74) is 5.51. The predicted octanol–water partition coefficient (Wildman–Crippen LogP) is 1.28. The maximum Gasteiger partial charge on any atom is 0.264 e. The zero-order valence-corrected chi connectivity index (χ0v) is 8.87. The monoisotopic (exact) mass is 215 g/mol. The normalized spacial score (nSPS) is 11.5. The van der Waals surface area contributed by atoms with Crippen LogP contribution in [0.3, 0.4) is 0 Å². The molecule has 0 aliphatic rings. The van der Waals surface area contributed by atoms with Crippen LogP contribution in [-0.4, -0.2) is 31.5 Å². The van der Waals surface area contributed by atoms with E-state index in [4.69, 9.17) is 5.73 Å². The van der Waals surface area contributed by atoms with E-state index in [1.54, 1.807) is 37.3 Å². The first-order valence-electron chi connectivity index (χ1n) is 4.65. The molecule has 5 heteroatoms. The van der Waals surface area contributed by atoms with E-state index in [1.165, 1.54) is 0 Å². The van der Waals surface area contributed by atoms with E-state index in [0.29, 0.717) is 11.4 Å². The molecule has 0 aliphatic carbocycles. The van der Waals surface area contributed by atoms with E-state index in [2.05, 4.69) is 4.98 Å². The Bertz CT molecular complexity index is 326. The lowest BCUT2D eigenvalue weighted by Crippen LogP contribution is -2.31. The molecule has 0 radical (unpaired) electrons. The molecule has 0 saturated heterocycles. The lowest BCUT2D eigenvalue weighted by atomic mass is 10.1. The third-order valence-corrected chi connectivity index (χ3v) is 2.04. The fraction of sp³-hybridized carbons (Fsp3) is 0.500. The smallest absolute Gasteiger partial charge is 0.264 e. The van der Waals surface area contributed by atoms with Crippen molar-refractivity contribution in [2.75, 3.05) is 25.5 Å². The van der Waals surface area contributed by atoms with Gasteiger partial charge in [-0.05, 0) is 6.07 Å². The summed E-state index contributed by atoms with van der Waals surface area (Å²) >= 11 is 0. The van der Waals surface area contributed by atoms with E-state index < -0.39 is 12.5 Å². The molecule has 0 amide bonds. The first-order valence-corrected chi connectivity index (χ1v) is 4.65. The van der Waals surface area contributed by atoms with Crippen molar-refractivity contribution in [1.29, 1.82) is 0 Å². The maximum atomic E-state index is 13.1. The van der Waals surface area contributed by atoms with Gasteiger partial charge in [-0.1, -0.05) is 6.07 Å². The van der Waals surface area contributed by atoms with Crippen LogP contribution < -0.4 is 10.6 Å². The highest BCUT2D eigenvalue weighted by Crippen LogP contribution is 2.23. The number of rotatable bonds is 4. The third kappa shape index (κ3) is 3.13. The molecule has 0 atom stereocenters. The number of hydrogen-bond donors (Lipinski definition) is 1. The molecular formula is C10H15F2N3. The summed E-state index contributed by atoms with van der Waals surface area (Å²) in [6.45, 7) is -0.644. The van der Waals surface area contributed by atoms with Gasteiger partial charge in [0.05, 0.1) is 6.54 Å². The van der Waals surface area contributed by atoms with Gasteiger partial charge in [-0.3, -0.25) is 0 Å². The molecule has 1 aromatic rings. The summed E-state index contributed by atoms with van der Waals surface area (Å²) < 4.78 is 26.2. The minimum absolute atomic E-state index is 0.370. The number of hydrogen-bond acceptors (Lipinski definition) is 3. The Morgan fingerprint density at radius 2 is 2.13 bits per heavy atom. The number of nitrogens with two attached hydrogens (primary N) is 1. The van der Waals surface area contributed by atoms with Gasteiger partial charge in [0.1, 0.15) is 5.82 Å². The molecule has 15 heavy (non-hydrogen) atoms. The minimum Gasteiger partial charge on any atom is -0.363 e. The van der Waals surface area contributed by atoms with Gasteiger partial charge in [0.2, 0.25) is 0 Å². The summed E-state index contributed by atoms with van der Waals surface area (Å²) in [4.78, 5) is 5.76. The molecule has 0 unspecified atom stereocenters. The molecular weight excluding hydrogens is 200 g/mol. The Morgan fingerprint density at radius 1 is 1.47 bits per heavy atom. The molecule has 0 saturated carbocycles. The van der Waals surface area contributed by atoms with Crippen molar-refractivity contribution in [2.45, 2.75) is 12.3 Å². The summed E-state index contributed by atoms with van der Waals surface area (Å²) in [7, 11) is 3.54. The van der Waals surface area contributed by atoms with Crippen molar-refractivity contribution in [1.82, 2.24) is 4.98 Å². The van der Waals surface area contributed by atoms with Crippen LogP contribution in [0.15, 0.2) is 18.3 Å². The average Bonchev–Trinajstić information content (AvgIpc) is 2.18. The van der Waals surface area contributed by atoms with Gasteiger partial charge in [0.25, 0.3) is 5.92 Å². The second kappa shape index (κ2) is 4.53. The van der Waals surface area contributed by atoms with Gasteiger partial charge in [-0.2, -0.15) is 0 Å². The molecule has 0 fully saturated rings. The number of halogens is 2. The van der Waals surface area contributed by atoms with Crippen molar-refractivity contribution in [3.8, 4) is 0 Å². The van der Waals surface area contributed by atoms with E-state index in [1.807, 2.05) is 0 Å². The van der Waals surface area contributed by atoms with Crippen molar-refractivity contribution in [3.63, 3.8) is 0 Å². The fourth-order valence-electron chi connectivity index (χ4n) is 1.32. The van der Waals surface area contributed by atoms with Gasteiger partial charge in [0.15, 0.2) is 0 Å². The zero-order valence-electron chi connectivity index (χ0n) is 8.87. The van der Waals surface area contributed by atoms with Gasteiger partial charge < -0.3 is 10.6 Å². The van der Waals surface area contributed by atoms with Crippen LogP contribution >= 0.6 is 0 Å². The summed E-state index contributed by atoms with van der Waals surface area (Å²) in [5.74, 6) is -2.31. The van der Waals surface area contributed by atoms with Crippen LogP contribution in [0.1, 0.15) is 5.56 Å². The highest BCUT2D eigenvalue weighted by Gasteiger charge is 2.28. The second-order valence-electron chi connectivity index (χ2n) is 3.62. The van der Waals surface area contributed by atoms with Crippen LogP contribution in [0.5, 0.6) is 0 Å². The quantitative estimate of drug-likeness (QED) is 0.822. The summed E-state index contributed by atoms with van der Waals surface area (Å²) in [6, 6.07) is 3.29. The first kappa shape index (κ1) is 11.8. The molecule has 1 rings (SSSR count). The number of aromatic nitrogens is 1. The Labute approximate surface area is 87.9 Å². The Balaban J connectivity index is 2.94. The molecule has 0 spiro atoms. The van der Waals surface area contributed by atoms with Crippen LogP contribution in [0.25, 0.3) is 0 Å². The number of alkyl halides is 2. The molecule has 0 aromatic carbocycles. The number of pyridine rings is 1. The fourth-order valence-corrected chi connectivity index (χ4v) is 1.32. The molecule has 84 valence electrons. The SMILES string of the molecule is CN(C)c1ncccc1CC(F)(F)CN.